The van der Waals surface area contributed by atoms with E-state index >= 15 is 0 Å². The van der Waals surface area contributed by atoms with Crippen LogP contribution in [0.4, 0.5) is 11.4 Å². The van der Waals surface area contributed by atoms with E-state index in [0.29, 0.717) is 12.2 Å². The number of para-hydroxylation sites is 1. The molecule has 0 saturated carbocycles. The van der Waals surface area contributed by atoms with Crippen molar-refractivity contribution in [1.82, 2.24) is 4.90 Å². The summed E-state index contributed by atoms with van der Waals surface area (Å²) in [5.74, 6) is 0.382. The van der Waals surface area contributed by atoms with Gasteiger partial charge in [0.1, 0.15) is 5.75 Å². The number of carbonyl (C=O) groups excluding carboxylic acids is 2. The number of hydrogen-bond acceptors (Lipinski definition) is 4. The van der Waals surface area contributed by atoms with Gasteiger partial charge in [0.15, 0.2) is 0 Å². The summed E-state index contributed by atoms with van der Waals surface area (Å²) in [6.45, 7) is 2.74. The Hall–Kier alpha value is -3.64. The number of anilines is 2. The Morgan fingerprint density at radius 1 is 0.806 bits per heavy atom. The Balaban J connectivity index is 1.58. The Bertz CT molecular complexity index is 1000. The van der Waals surface area contributed by atoms with Crippen molar-refractivity contribution in [3.63, 3.8) is 0 Å². The van der Waals surface area contributed by atoms with Crippen LogP contribution in [0.1, 0.15) is 6.92 Å². The largest absolute Gasteiger partial charge is 0.497 e. The van der Waals surface area contributed by atoms with Crippen LogP contribution in [0.25, 0.3) is 11.1 Å². The van der Waals surface area contributed by atoms with Gasteiger partial charge >= 0.3 is 0 Å². The van der Waals surface area contributed by atoms with Gasteiger partial charge in [-0.25, -0.2) is 0 Å². The van der Waals surface area contributed by atoms with E-state index in [1.165, 1.54) is 0 Å². The number of carbonyl (C=O) groups is 2. The molecular formula is C25H27N3O3. The number of likely N-dealkylation sites (N-methyl/N-ethyl adjacent to an activating group) is 1. The molecule has 0 unspecified atom stereocenters. The Labute approximate surface area is 182 Å². The molecule has 0 aliphatic rings. The van der Waals surface area contributed by atoms with E-state index in [-0.39, 0.29) is 24.9 Å². The number of methoxy groups -OCH3 is 1. The number of ether oxygens (including phenoxy) is 1. The number of hydrogen-bond donors (Lipinski definition) is 2. The monoisotopic (exact) mass is 417 g/mol. The Kier molecular flexibility index (Phi) is 7.79. The van der Waals surface area contributed by atoms with Gasteiger partial charge in [0, 0.05) is 16.9 Å². The lowest BCUT2D eigenvalue weighted by Gasteiger charge is -2.20. The molecule has 3 aromatic rings. The van der Waals surface area contributed by atoms with Crippen molar-refractivity contribution in [3.05, 3.63) is 78.9 Å². The minimum Gasteiger partial charge on any atom is -0.497 e. The van der Waals surface area contributed by atoms with Crippen molar-refractivity contribution in [3.8, 4) is 16.9 Å². The van der Waals surface area contributed by atoms with Crippen LogP contribution in [-0.4, -0.2) is 43.5 Å². The quantitative estimate of drug-likeness (QED) is 0.546. The summed E-state index contributed by atoms with van der Waals surface area (Å²) in [5, 5.41) is 5.83. The zero-order valence-corrected chi connectivity index (χ0v) is 17.8. The average Bonchev–Trinajstić information content (AvgIpc) is 2.80. The molecule has 160 valence electrons. The van der Waals surface area contributed by atoms with Crippen molar-refractivity contribution >= 4 is 23.2 Å². The first-order chi connectivity index (χ1) is 15.1. The summed E-state index contributed by atoms with van der Waals surface area (Å²) >= 11 is 0. The fraction of sp³-hybridized carbons (Fsp3) is 0.200. The van der Waals surface area contributed by atoms with Crippen LogP contribution in [0.15, 0.2) is 78.9 Å². The summed E-state index contributed by atoms with van der Waals surface area (Å²) in [7, 11) is 1.59. The second kappa shape index (κ2) is 10.9. The van der Waals surface area contributed by atoms with Crippen LogP contribution < -0.4 is 15.4 Å². The van der Waals surface area contributed by atoms with E-state index < -0.39 is 0 Å². The first-order valence-electron chi connectivity index (χ1n) is 10.2. The third-order valence-electron chi connectivity index (χ3n) is 4.84. The highest BCUT2D eigenvalue weighted by Crippen LogP contribution is 2.27. The molecule has 0 bridgehead atoms. The summed E-state index contributed by atoms with van der Waals surface area (Å²) in [4.78, 5) is 26.9. The molecule has 0 atom stereocenters. The molecule has 6 heteroatoms. The van der Waals surface area contributed by atoms with Crippen molar-refractivity contribution in [1.29, 1.82) is 0 Å². The van der Waals surface area contributed by atoms with Crippen LogP contribution in [-0.2, 0) is 9.59 Å². The zero-order valence-electron chi connectivity index (χ0n) is 17.8. The van der Waals surface area contributed by atoms with Crippen LogP contribution in [0, 0.1) is 0 Å². The number of nitrogens with zero attached hydrogens (tertiary/aromatic N) is 1. The topological polar surface area (TPSA) is 70.7 Å². The fourth-order valence-corrected chi connectivity index (χ4v) is 3.21. The number of benzene rings is 3. The Morgan fingerprint density at radius 3 is 2.06 bits per heavy atom. The van der Waals surface area contributed by atoms with Gasteiger partial charge in [-0.15, -0.1) is 0 Å². The van der Waals surface area contributed by atoms with Gasteiger partial charge in [-0.2, -0.15) is 0 Å². The lowest BCUT2D eigenvalue weighted by atomic mass is 10.0. The van der Waals surface area contributed by atoms with Gasteiger partial charge in [-0.05, 0) is 42.4 Å². The van der Waals surface area contributed by atoms with Gasteiger partial charge in [0.2, 0.25) is 11.8 Å². The molecule has 2 N–H and O–H groups in total. The second-order valence-electron chi connectivity index (χ2n) is 7.04. The molecule has 0 heterocycles. The number of rotatable bonds is 9. The van der Waals surface area contributed by atoms with E-state index in [4.69, 9.17) is 4.74 Å². The first kappa shape index (κ1) is 22.1. The molecule has 0 spiro atoms. The maximum atomic E-state index is 12.7. The molecule has 6 nitrogen and oxygen atoms in total. The maximum Gasteiger partial charge on any atom is 0.238 e. The molecule has 0 aliphatic heterocycles. The summed E-state index contributed by atoms with van der Waals surface area (Å²) in [5.41, 5.74) is 3.42. The molecular weight excluding hydrogens is 390 g/mol. The van der Waals surface area contributed by atoms with Gasteiger partial charge in [0.05, 0.1) is 20.2 Å². The average molecular weight is 418 g/mol. The van der Waals surface area contributed by atoms with E-state index in [1.54, 1.807) is 36.3 Å². The van der Waals surface area contributed by atoms with Crippen molar-refractivity contribution in [2.75, 3.05) is 37.4 Å². The fourth-order valence-electron chi connectivity index (χ4n) is 3.21. The molecule has 0 fully saturated rings. The van der Waals surface area contributed by atoms with Crippen molar-refractivity contribution in [2.24, 2.45) is 0 Å². The van der Waals surface area contributed by atoms with Crippen molar-refractivity contribution < 1.29 is 14.3 Å². The van der Waals surface area contributed by atoms with Crippen LogP contribution in [0.2, 0.25) is 0 Å². The summed E-state index contributed by atoms with van der Waals surface area (Å²) in [6.07, 6.45) is 0. The first-order valence-corrected chi connectivity index (χ1v) is 10.2. The molecule has 2 amide bonds. The predicted molar refractivity (Wildman–Crippen MR) is 124 cm³/mol. The summed E-state index contributed by atoms with van der Waals surface area (Å²) in [6, 6.07) is 24.7. The number of nitrogens with one attached hydrogen (secondary N) is 2. The lowest BCUT2D eigenvalue weighted by molar-refractivity contribution is -0.119. The van der Waals surface area contributed by atoms with Crippen molar-refractivity contribution in [2.45, 2.75) is 6.92 Å². The van der Waals surface area contributed by atoms with E-state index in [0.717, 1.165) is 22.6 Å². The van der Waals surface area contributed by atoms with E-state index in [1.807, 2.05) is 61.5 Å². The predicted octanol–water partition coefficient (Wildman–Crippen LogP) is 4.26. The SMILES string of the molecule is CCN(CC(=O)Nc1ccc(OC)cc1)CC(=O)Nc1ccccc1-c1ccccc1. The maximum absolute atomic E-state index is 12.7. The van der Waals surface area contributed by atoms with Gasteiger partial charge in [0.25, 0.3) is 0 Å². The smallest absolute Gasteiger partial charge is 0.238 e. The zero-order chi connectivity index (χ0) is 22.1. The Morgan fingerprint density at radius 2 is 1.42 bits per heavy atom. The lowest BCUT2D eigenvalue weighted by Crippen LogP contribution is -2.38. The third-order valence-corrected chi connectivity index (χ3v) is 4.84. The molecule has 0 radical (unpaired) electrons. The van der Waals surface area contributed by atoms with Crippen LogP contribution in [0.3, 0.4) is 0 Å². The molecule has 3 rings (SSSR count). The van der Waals surface area contributed by atoms with Crippen LogP contribution in [0.5, 0.6) is 5.75 Å². The standard InChI is InChI=1S/C25H27N3O3/c1-3-28(17-24(29)26-20-13-15-21(31-2)16-14-20)18-25(30)27-23-12-8-7-11-22(23)19-9-5-4-6-10-19/h4-16H,3,17-18H2,1-2H3,(H,26,29)(H,27,30). The normalized spacial score (nSPS) is 10.5. The van der Waals surface area contributed by atoms with Gasteiger partial charge < -0.3 is 15.4 Å². The molecule has 0 saturated heterocycles. The second-order valence-corrected chi connectivity index (χ2v) is 7.04. The highest BCUT2D eigenvalue weighted by atomic mass is 16.5. The molecule has 31 heavy (non-hydrogen) atoms. The van der Waals surface area contributed by atoms with E-state index in [2.05, 4.69) is 10.6 Å². The molecule has 0 aliphatic carbocycles. The summed E-state index contributed by atoms with van der Waals surface area (Å²) < 4.78 is 5.12. The minimum absolute atomic E-state index is 0.121. The highest BCUT2D eigenvalue weighted by Gasteiger charge is 2.15. The molecule has 3 aromatic carbocycles. The van der Waals surface area contributed by atoms with Gasteiger partial charge in [-0.3, -0.25) is 14.5 Å². The van der Waals surface area contributed by atoms with E-state index in [9.17, 15) is 9.59 Å². The van der Waals surface area contributed by atoms with Gasteiger partial charge in [-0.1, -0.05) is 55.5 Å². The molecule has 0 aromatic heterocycles. The van der Waals surface area contributed by atoms with Crippen LogP contribution >= 0.6 is 0 Å². The minimum atomic E-state index is -0.176. The third kappa shape index (κ3) is 6.42. The number of amides is 2. The highest BCUT2D eigenvalue weighted by molar-refractivity contribution is 5.97.